The number of nitrogens with one attached hydrogen (secondary N) is 1. The fourth-order valence-electron chi connectivity index (χ4n) is 1.42. The highest BCUT2D eigenvalue weighted by Crippen LogP contribution is 2.04. The molecular formula is C10H18N2OS. The summed E-state index contributed by atoms with van der Waals surface area (Å²) in [6.07, 6.45) is 2.90. The van der Waals surface area contributed by atoms with Gasteiger partial charge in [0.05, 0.1) is 5.75 Å². The zero-order valence-corrected chi connectivity index (χ0v) is 9.31. The lowest BCUT2D eigenvalue weighted by Crippen LogP contribution is -2.35. The Morgan fingerprint density at radius 2 is 2.36 bits per heavy atom. The van der Waals surface area contributed by atoms with E-state index in [1.54, 1.807) is 11.8 Å². The Morgan fingerprint density at radius 1 is 1.50 bits per heavy atom. The van der Waals surface area contributed by atoms with E-state index in [2.05, 4.69) is 11.9 Å². The molecule has 0 spiro atoms. The Kier molecular flexibility index (Phi) is 5.71. The number of thioether (sulfide) groups is 1. The first-order valence-electron chi connectivity index (χ1n) is 5.01. The van der Waals surface area contributed by atoms with E-state index in [1.807, 2.05) is 11.0 Å². The summed E-state index contributed by atoms with van der Waals surface area (Å²) in [4.78, 5) is 13.6. The second kappa shape index (κ2) is 6.90. The van der Waals surface area contributed by atoms with Gasteiger partial charge in [-0.15, -0.1) is 18.3 Å². The normalized spacial score (nSPS) is 17.6. The van der Waals surface area contributed by atoms with Crippen LogP contribution < -0.4 is 5.32 Å². The van der Waals surface area contributed by atoms with Crippen LogP contribution in [0.1, 0.15) is 6.42 Å². The van der Waals surface area contributed by atoms with Gasteiger partial charge in [-0.25, -0.2) is 0 Å². The number of carbonyl (C=O) groups excluding carboxylic acids is 1. The molecule has 80 valence electrons. The number of hydrogen-bond donors (Lipinski definition) is 1. The average molecular weight is 214 g/mol. The minimum atomic E-state index is 0.264. The van der Waals surface area contributed by atoms with Crippen LogP contribution in [0.15, 0.2) is 12.7 Å². The lowest BCUT2D eigenvalue weighted by atomic mass is 10.4. The molecule has 1 amide bonds. The van der Waals surface area contributed by atoms with Crippen molar-refractivity contribution in [3.63, 3.8) is 0 Å². The summed E-state index contributed by atoms with van der Waals surface area (Å²) in [6.45, 7) is 7.35. The molecule has 1 N–H and O–H groups in total. The van der Waals surface area contributed by atoms with Crippen LogP contribution in [0.4, 0.5) is 0 Å². The molecular weight excluding hydrogens is 196 g/mol. The molecule has 0 unspecified atom stereocenters. The molecule has 1 aliphatic rings. The maximum Gasteiger partial charge on any atom is 0.232 e. The van der Waals surface area contributed by atoms with Gasteiger partial charge >= 0.3 is 0 Å². The molecule has 0 aliphatic carbocycles. The second-order valence-electron chi connectivity index (χ2n) is 3.29. The Morgan fingerprint density at radius 3 is 3.14 bits per heavy atom. The number of carbonyl (C=O) groups is 1. The largest absolute Gasteiger partial charge is 0.341 e. The summed E-state index contributed by atoms with van der Waals surface area (Å²) in [5, 5.41) is 3.28. The molecule has 0 saturated carbocycles. The summed E-state index contributed by atoms with van der Waals surface area (Å²) >= 11 is 1.63. The van der Waals surface area contributed by atoms with Gasteiger partial charge in [-0.1, -0.05) is 6.08 Å². The highest BCUT2D eigenvalue weighted by Gasteiger charge is 2.14. The van der Waals surface area contributed by atoms with Gasteiger partial charge in [-0.2, -0.15) is 0 Å². The average Bonchev–Trinajstić information content (AvgIpc) is 2.46. The molecule has 14 heavy (non-hydrogen) atoms. The lowest BCUT2D eigenvalue weighted by Gasteiger charge is -2.19. The first-order valence-corrected chi connectivity index (χ1v) is 6.17. The first-order chi connectivity index (χ1) is 6.84. The van der Waals surface area contributed by atoms with E-state index >= 15 is 0 Å². The Hall–Kier alpha value is -0.480. The smallest absolute Gasteiger partial charge is 0.232 e. The van der Waals surface area contributed by atoms with Gasteiger partial charge in [0.2, 0.25) is 5.91 Å². The van der Waals surface area contributed by atoms with E-state index in [0.717, 1.165) is 38.4 Å². The molecule has 0 aromatic rings. The zero-order valence-electron chi connectivity index (χ0n) is 8.50. The van der Waals surface area contributed by atoms with Crippen LogP contribution in [-0.2, 0) is 4.79 Å². The lowest BCUT2D eigenvalue weighted by molar-refractivity contribution is -0.128. The maximum absolute atomic E-state index is 11.7. The molecule has 0 atom stereocenters. The van der Waals surface area contributed by atoms with Crippen LogP contribution in [0.25, 0.3) is 0 Å². The Labute approximate surface area is 89.9 Å². The number of rotatable bonds is 4. The second-order valence-corrected chi connectivity index (χ2v) is 4.32. The molecule has 0 aromatic heterocycles. The van der Waals surface area contributed by atoms with Crippen LogP contribution in [-0.4, -0.2) is 48.5 Å². The highest BCUT2D eigenvalue weighted by atomic mass is 32.2. The highest BCUT2D eigenvalue weighted by molar-refractivity contribution is 8.00. The molecule has 1 rings (SSSR count). The van der Waals surface area contributed by atoms with Crippen molar-refractivity contribution >= 4 is 17.7 Å². The first kappa shape index (κ1) is 11.6. The van der Waals surface area contributed by atoms with E-state index < -0.39 is 0 Å². The topological polar surface area (TPSA) is 32.3 Å². The van der Waals surface area contributed by atoms with Crippen molar-refractivity contribution in [3.05, 3.63) is 12.7 Å². The van der Waals surface area contributed by atoms with Gasteiger partial charge in [0.25, 0.3) is 0 Å². The molecule has 0 aromatic carbocycles. The van der Waals surface area contributed by atoms with Gasteiger partial charge in [0, 0.05) is 25.4 Å². The number of amides is 1. The molecule has 0 radical (unpaired) electrons. The SMILES string of the molecule is C=CCSCC(=O)N1CCCNCC1. The summed E-state index contributed by atoms with van der Waals surface area (Å²) in [5.74, 6) is 1.71. The third kappa shape index (κ3) is 4.15. The zero-order chi connectivity index (χ0) is 10.2. The van der Waals surface area contributed by atoms with Crippen molar-refractivity contribution in [2.45, 2.75) is 6.42 Å². The summed E-state index contributed by atoms with van der Waals surface area (Å²) in [7, 11) is 0. The number of nitrogens with zero attached hydrogens (tertiary/aromatic N) is 1. The molecule has 4 heteroatoms. The van der Waals surface area contributed by atoms with Crippen molar-refractivity contribution in [3.8, 4) is 0 Å². The van der Waals surface area contributed by atoms with Crippen LogP contribution in [0, 0.1) is 0 Å². The van der Waals surface area contributed by atoms with Gasteiger partial charge in [-0.3, -0.25) is 4.79 Å². The quantitative estimate of drug-likeness (QED) is 0.553. The fraction of sp³-hybridized carbons (Fsp3) is 0.700. The third-order valence-corrected chi connectivity index (χ3v) is 3.08. The van der Waals surface area contributed by atoms with Crippen molar-refractivity contribution in [2.24, 2.45) is 0 Å². The molecule has 0 bridgehead atoms. The van der Waals surface area contributed by atoms with Gasteiger partial charge in [-0.05, 0) is 13.0 Å². The fourth-order valence-corrected chi connectivity index (χ4v) is 2.06. The third-order valence-electron chi connectivity index (χ3n) is 2.15. The molecule has 1 fully saturated rings. The predicted octanol–water partition coefficient (Wildman–Crippen LogP) is 0.727. The Balaban J connectivity index is 2.23. The molecule has 1 saturated heterocycles. The molecule has 1 aliphatic heterocycles. The Bertz CT molecular complexity index is 189. The van der Waals surface area contributed by atoms with Crippen LogP contribution in [0.3, 0.4) is 0 Å². The summed E-state index contributed by atoms with van der Waals surface area (Å²) in [5.41, 5.74) is 0. The molecule has 1 heterocycles. The van der Waals surface area contributed by atoms with E-state index in [-0.39, 0.29) is 5.91 Å². The van der Waals surface area contributed by atoms with E-state index in [9.17, 15) is 4.79 Å². The van der Waals surface area contributed by atoms with Gasteiger partial charge in [0.1, 0.15) is 0 Å². The molecule has 3 nitrogen and oxygen atoms in total. The van der Waals surface area contributed by atoms with Gasteiger partial charge in [0.15, 0.2) is 0 Å². The monoisotopic (exact) mass is 214 g/mol. The predicted molar refractivity (Wildman–Crippen MR) is 61.6 cm³/mol. The van der Waals surface area contributed by atoms with E-state index in [4.69, 9.17) is 0 Å². The van der Waals surface area contributed by atoms with Crippen molar-refractivity contribution in [1.82, 2.24) is 10.2 Å². The van der Waals surface area contributed by atoms with Crippen LogP contribution in [0.5, 0.6) is 0 Å². The van der Waals surface area contributed by atoms with Crippen LogP contribution >= 0.6 is 11.8 Å². The van der Waals surface area contributed by atoms with E-state index in [1.165, 1.54) is 0 Å². The van der Waals surface area contributed by atoms with Crippen molar-refractivity contribution < 1.29 is 4.79 Å². The van der Waals surface area contributed by atoms with E-state index in [0.29, 0.717) is 5.75 Å². The maximum atomic E-state index is 11.7. The van der Waals surface area contributed by atoms with Crippen LogP contribution in [0.2, 0.25) is 0 Å². The standard InChI is InChI=1S/C10H18N2OS/c1-2-8-14-9-10(13)12-6-3-4-11-5-7-12/h2,11H,1,3-9H2. The minimum absolute atomic E-state index is 0.264. The summed E-state index contributed by atoms with van der Waals surface area (Å²) < 4.78 is 0. The van der Waals surface area contributed by atoms with Gasteiger partial charge < -0.3 is 10.2 Å². The van der Waals surface area contributed by atoms with Crippen molar-refractivity contribution in [2.75, 3.05) is 37.7 Å². The number of hydrogen-bond acceptors (Lipinski definition) is 3. The van der Waals surface area contributed by atoms with Crippen molar-refractivity contribution in [1.29, 1.82) is 0 Å². The minimum Gasteiger partial charge on any atom is -0.341 e. The summed E-state index contributed by atoms with van der Waals surface area (Å²) in [6, 6.07) is 0.